The third-order valence-corrected chi connectivity index (χ3v) is 31.3. The van der Waals surface area contributed by atoms with E-state index in [2.05, 4.69) is 170 Å². The zero-order valence-electron chi connectivity index (χ0n) is 82.3. The molecule has 8 fully saturated rings. The van der Waals surface area contributed by atoms with Crippen LogP contribution in [0.25, 0.3) is 76.5 Å². The fraction of sp³-hybridized carbons (Fsp3) is 0.385. The standard InChI is InChI=1S/C30H29N3O3.C28H25N3O3.C19H24BN3O4.C18H21N3O3.C12H9Br.CH2O3.CH4.ClH.2K.Na.H2O.H/c1-2-36-30(35)28-29(34)33(25-12-4-3-11-24(25)31-28)22-16-20-13-14-21(17-22)32(20)26-15-19-9-5-7-18-8-6-10-23(26)27(18)19;32-27-26(28(33)34)29-22-9-1-2-10-23(22)31(27)20-14-18-11-12-19(15-20)30(18)24-13-17-7-3-5-16-6-4-8-21(24)25(16)17;1-3-27-19(25)17-18(24)22(16-7-5-4-6-15(16)21-17)14-10-12-8-9-13(11-14)23(12)20(2)26;1-2-24-18(23)16-17(22)21(15-6-4-3-5-14(15)20-16)13-9-11-7-8-12(10-13)19-11;13-11-7-9-5-1-3-8-4-2-6-10(11)12(8)9;2-1-4-3;;;;;;;/h3-12,20-22,26H,2,13-17H2,1H3;1-10,18-20,24H,11-15H2,(H,33,34);4-7,12-14,26H,3,8-11H2,1-2H3;3-6,11-13,19H,2,7-10H2,1H3;1-6,11H,7H2;1,3H;1H4;1H;;;;1H2;/q;;;;;;;;3*+1;;-1/p-2/t20-,21+,22?,26?;18-,19+,20?,24?;12-,13+,14?;11-,12+,13?;;;;;;;;;. The van der Waals surface area contributed by atoms with E-state index in [1.807, 2.05) is 95.6 Å². The molecule has 10 aromatic carbocycles. The molecule has 35 heteroatoms. The van der Waals surface area contributed by atoms with Crippen LogP contribution in [0.3, 0.4) is 0 Å². The Bertz CT molecular complexity index is 7350. The molecule has 8 bridgehead atoms. The molecule has 0 radical (unpaired) electrons. The van der Waals surface area contributed by atoms with Crippen LogP contribution in [0.4, 0.5) is 0 Å². The Hall–Kier alpha value is -8.28. The Morgan fingerprint density at radius 1 is 0.424 bits per heavy atom. The van der Waals surface area contributed by atoms with E-state index in [1.165, 1.54) is 65.7 Å². The van der Waals surface area contributed by atoms with Crippen LogP contribution in [0.15, 0.2) is 225 Å². The number of benzene rings is 10. The zero-order valence-corrected chi connectivity index (χ0v) is 91.9. The molecule has 25 rings (SSSR count). The van der Waals surface area contributed by atoms with Gasteiger partial charge in [0.25, 0.3) is 28.7 Å². The SMILES string of the molecule is BrC1Cc2cccc3cccc1c23.C.CCOC(=O)c1nc2ccccc2n(C2C[C@H]3CC[C@@H](C2)N3)c1=O.CCOC(=O)c1nc2ccccc2n(C2C[C@H]3CC[C@@H](C2)N3B(C)O)c1=O.CCOC(=O)c1nc2ccccc2n(C2C[C@H]3CC[C@@H](C2)N3C2Cc3cccc4cccc2c34)c1=O.Cl.O=C(O)c1nc2ccccc2n(C2C[C@H]3CC[C@@H](C2)N3C2Cc3cccc4cccc2c34)c1=O.O=CO[O-].[H-].[K+].[K+].[Na+].[OH-]. The summed E-state index contributed by atoms with van der Waals surface area (Å²) >= 11 is 3.71. The summed E-state index contributed by atoms with van der Waals surface area (Å²) < 4.78 is 22.3. The summed E-state index contributed by atoms with van der Waals surface area (Å²) in [6.45, 7) is 7.44. The van der Waals surface area contributed by atoms with Gasteiger partial charge in [0.1, 0.15) is 0 Å². The van der Waals surface area contributed by atoms with Crippen LogP contribution >= 0.6 is 28.3 Å². The molecule has 3 aliphatic carbocycles. The number of ether oxygens (including phenoxy) is 3. The number of hydrogen-bond acceptors (Lipinski definition) is 24. The summed E-state index contributed by atoms with van der Waals surface area (Å²) in [5.74, 6) is -3.22. The molecular weight excluding hydrogens is 1980 g/mol. The van der Waals surface area contributed by atoms with Crippen molar-refractivity contribution >= 4 is 142 Å². The molecule has 14 aromatic rings. The summed E-state index contributed by atoms with van der Waals surface area (Å²) in [7, 11) is -0.482. The molecule has 0 saturated carbocycles. The van der Waals surface area contributed by atoms with E-state index < -0.39 is 36.5 Å². The predicted octanol–water partition coefficient (Wildman–Crippen LogP) is 8.06. The Kier molecular flexibility index (Phi) is 37.6. The third-order valence-electron chi connectivity index (χ3n) is 30.5. The first kappa shape index (κ1) is 111. The zero-order chi connectivity index (χ0) is 95.4. The van der Waals surface area contributed by atoms with Crippen molar-refractivity contribution in [1.82, 2.24) is 58.1 Å². The van der Waals surface area contributed by atoms with Gasteiger partial charge in [0.15, 0.2) is 0 Å². The number of carboxylic acid groups (broad SMARTS) is 1. The number of hydrogen-bond donors (Lipinski definition) is 3. The summed E-state index contributed by atoms with van der Waals surface area (Å²) in [5, 5.41) is 40.1. The number of piperidine rings is 4. The number of fused-ring (bicyclic) bond motifs is 12. The molecular formula is C109H116BBrClK2N12NaO17. The van der Waals surface area contributed by atoms with E-state index in [-0.39, 0.29) is 261 Å². The van der Waals surface area contributed by atoms with Crippen molar-refractivity contribution in [3.8, 4) is 0 Å². The van der Waals surface area contributed by atoms with Crippen molar-refractivity contribution < 1.29 is 198 Å². The van der Waals surface area contributed by atoms with Crippen molar-refractivity contribution in [1.29, 1.82) is 0 Å². The van der Waals surface area contributed by atoms with Crippen LogP contribution in [0.2, 0.25) is 6.82 Å². The van der Waals surface area contributed by atoms with E-state index >= 15 is 0 Å². The molecule has 11 aliphatic rings. The van der Waals surface area contributed by atoms with Gasteiger partial charge in [0.05, 0.1) is 64.0 Å². The number of nitrogens with one attached hydrogen (secondary N) is 1. The Labute approximate surface area is 956 Å². The number of carboxylic acids is 1. The van der Waals surface area contributed by atoms with Gasteiger partial charge < -0.3 is 69.8 Å². The van der Waals surface area contributed by atoms with Gasteiger partial charge in [-0.1, -0.05) is 181 Å². The molecule has 0 amide bonds. The largest absolute Gasteiger partial charge is 1.00 e. The van der Waals surface area contributed by atoms with Crippen molar-refractivity contribution in [2.45, 2.75) is 246 Å². The number of halogens is 2. The van der Waals surface area contributed by atoms with Crippen LogP contribution in [-0.4, -0.2) is 174 Å². The molecule has 734 valence electrons. The first-order chi connectivity index (χ1) is 67.2. The number of alkyl halides is 1. The van der Waals surface area contributed by atoms with Gasteiger partial charge >= 0.3 is 163 Å². The number of carbonyl (C=O) groups is 5. The quantitative estimate of drug-likeness (QED) is 0.0166. The fourth-order valence-electron chi connectivity index (χ4n) is 25.4. The van der Waals surface area contributed by atoms with E-state index in [4.69, 9.17) is 24.3 Å². The predicted molar refractivity (Wildman–Crippen MR) is 546 cm³/mol. The van der Waals surface area contributed by atoms with Crippen molar-refractivity contribution in [2.24, 2.45) is 0 Å². The van der Waals surface area contributed by atoms with Crippen molar-refractivity contribution in [2.75, 3.05) is 19.8 Å². The number of aromatic carboxylic acids is 1. The molecule has 15 atom stereocenters. The van der Waals surface area contributed by atoms with Gasteiger partial charge in [0, 0.05) is 89.4 Å². The molecule has 29 nitrogen and oxygen atoms in total. The first-order valence-electron chi connectivity index (χ1n) is 48.6. The van der Waals surface area contributed by atoms with E-state index in [1.54, 1.807) is 47.4 Å². The molecule has 4 N–H and O–H groups in total. The second-order valence-electron chi connectivity index (χ2n) is 38.1. The van der Waals surface area contributed by atoms with Gasteiger partial charge in [-0.2, -0.15) is 0 Å². The Balaban J connectivity index is 0.000000152. The number of carbonyl (C=O) groups excluding carboxylic acids is 4. The maximum absolute atomic E-state index is 13.6. The summed E-state index contributed by atoms with van der Waals surface area (Å²) in [5.41, 5.74) is 12.0. The van der Waals surface area contributed by atoms with Crippen molar-refractivity contribution in [3.05, 3.63) is 304 Å². The molecule has 144 heavy (non-hydrogen) atoms. The summed E-state index contributed by atoms with van der Waals surface area (Å²) in [4.78, 5) is 138. The fourth-order valence-corrected chi connectivity index (χ4v) is 26.1. The third kappa shape index (κ3) is 21.7. The second kappa shape index (κ2) is 48.6. The number of aromatic nitrogens is 8. The van der Waals surface area contributed by atoms with Gasteiger partial charge in [-0.3, -0.25) is 33.8 Å². The number of rotatable bonds is 15. The minimum Gasteiger partial charge on any atom is -1.00 e. The van der Waals surface area contributed by atoms with Crippen LogP contribution < -0.4 is 165 Å². The topological polar surface area (TPSA) is 377 Å². The Morgan fingerprint density at radius 3 is 1.02 bits per heavy atom. The Morgan fingerprint density at radius 2 is 0.701 bits per heavy atom. The molecule has 4 aromatic heterocycles. The van der Waals surface area contributed by atoms with Gasteiger partial charge in [-0.05, 0) is 264 Å². The van der Waals surface area contributed by atoms with Crippen LogP contribution in [0.5, 0.6) is 0 Å². The average molecular weight is 2090 g/mol. The first-order valence-corrected chi connectivity index (χ1v) is 49.5. The van der Waals surface area contributed by atoms with E-state index in [0.29, 0.717) is 75.2 Å². The molecule has 0 spiro atoms. The van der Waals surface area contributed by atoms with Gasteiger partial charge in [-0.25, -0.2) is 39.1 Å². The second-order valence-corrected chi connectivity index (χ2v) is 39.2. The maximum atomic E-state index is 13.6. The monoisotopic (exact) mass is 2090 g/mol. The average Bonchev–Trinajstić information content (AvgIpc) is 1.61. The number of nitrogens with zero attached hydrogens (tertiary/aromatic N) is 11. The van der Waals surface area contributed by atoms with E-state index in [0.717, 1.165) is 144 Å². The number of esters is 3. The molecule has 8 aliphatic heterocycles. The van der Waals surface area contributed by atoms with Gasteiger partial charge in [0.2, 0.25) is 22.8 Å². The minimum absolute atomic E-state index is 0. The summed E-state index contributed by atoms with van der Waals surface area (Å²) in [6, 6.07) is 73.6. The van der Waals surface area contributed by atoms with Crippen LogP contribution in [0.1, 0.15) is 249 Å². The molecule has 7 unspecified atom stereocenters. The van der Waals surface area contributed by atoms with Crippen molar-refractivity contribution in [3.63, 3.8) is 0 Å². The minimum atomic E-state index is -1.26. The smallest absolute Gasteiger partial charge is 1.00 e. The normalized spacial score (nSPS) is 23.3. The maximum Gasteiger partial charge on any atom is 1.00 e. The van der Waals surface area contributed by atoms with E-state index in [9.17, 15) is 48.5 Å². The van der Waals surface area contributed by atoms with Gasteiger partial charge in [-0.15, -0.1) is 12.4 Å². The molecule has 8 saturated heterocycles. The van der Waals surface area contributed by atoms with Crippen LogP contribution in [0, 0.1) is 0 Å². The van der Waals surface area contributed by atoms with Crippen LogP contribution in [-0.2, 0) is 43.2 Å². The number of para-hydroxylation sites is 8. The summed E-state index contributed by atoms with van der Waals surface area (Å²) in [6.07, 6.45) is 19.0. The molecule has 12 heterocycles.